The first-order chi connectivity index (χ1) is 10.2. The monoisotopic (exact) mass is 326 g/mol. The van der Waals surface area contributed by atoms with Gasteiger partial charge in [0.15, 0.2) is 0 Å². The number of nitrogens with zero attached hydrogens (tertiary/aromatic N) is 1. The minimum absolute atomic E-state index is 0. The number of halogens is 1. The molecule has 0 aliphatic carbocycles. The van der Waals surface area contributed by atoms with Crippen LogP contribution in [0, 0.1) is 0 Å². The zero-order valence-corrected chi connectivity index (χ0v) is 14.1. The van der Waals surface area contributed by atoms with E-state index < -0.39 is 0 Å². The Labute approximate surface area is 139 Å². The standard InChI is InChI=1S/C17H26N2O2.ClH/c1-21-16(13-18)12-17(20)19-11-5-8-15(19)10-9-14-6-3-2-4-7-14;/h2-4,6-7,15-16H,5,8-13,18H2,1H3;1H. The van der Waals surface area contributed by atoms with E-state index in [1.165, 1.54) is 5.56 Å². The topological polar surface area (TPSA) is 55.6 Å². The van der Waals surface area contributed by atoms with Gasteiger partial charge in [0, 0.05) is 26.2 Å². The van der Waals surface area contributed by atoms with Crippen molar-refractivity contribution in [2.45, 2.75) is 44.2 Å². The second kappa shape index (κ2) is 9.82. The number of methoxy groups -OCH3 is 1. The Kier molecular flexibility index (Phi) is 8.46. The summed E-state index contributed by atoms with van der Waals surface area (Å²) in [4.78, 5) is 14.4. The van der Waals surface area contributed by atoms with E-state index in [1.807, 2.05) is 11.0 Å². The zero-order chi connectivity index (χ0) is 15.1. The second-order valence-electron chi connectivity index (χ2n) is 5.70. The third-order valence-electron chi connectivity index (χ3n) is 4.31. The maximum Gasteiger partial charge on any atom is 0.225 e. The second-order valence-corrected chi connectivity index (χ2v) is 5.70. The van der Waals surface area contributed by atoms with E-state index in [-0.39, 0.29) is 24.4 Å². The van der Waals surface area contributed by atoms with E-state index in [0.717, 1.165) is 32.2 Å². The highest BCUT2D eigenvalue weighted by Crippen LogP contribution is 2.23. The molecule has 1 aromatic rings. The predicted octanol–water partition coefficient (Wildman–Crippen LogP) is 2.40. The molecule has 4 nitrogen and oxygen atoms in total. The van der Waals surface area contributed by atoms with E-state index in [4.69, 9.17) is 10.5 Å². The van der Waals surface area contributed by atoms with E-state index in [9.17, 15) is 4.79 Å². The number of aryl methyl sites for hydroxylation is 1. The average Bonchev–Trinajstić information content (AvgIpc) is 3.00. The molecule has 5 heteroatoms. The molecule has 1 heterocycles. The molecule has 2 rings (SSSR count). The molecule has 1 aromatic carbocycles. The molecule has 1 fully saturated rings. The molecule has 1 aliphatic rings. The summed E-state index contributed by atoms with van der Waals surface area (Å²) in [5.74, 6) is 0.183. The molecule has 0 aromatic heterocycles. The van der Waals surface area contributed by atoms with Crippen LogP contribution < -0.4 is 5.73 Å². The summed E-state index contributed by atoms with van der Waals surface area (Å²) in [5, 5.41) is 0. The molecule has 2 N–H and O–H groups in total. The Balaban J connectivity index is 0.00000242. The fraction of sp³-hybridized carbons (Fsp3) is 0.588. The summed E-state index contributed by atoms with van der Waals surface area (Å²) >= 11 is 0. The first-order valence-corrected chi connectivity index (χ1v) is 7.81. The minimum Gasteiger partial charge on any atom is -0.380 e. The van der Waals surface area contributed by atoms with Gasteiger partial charge >= 0.3 is 0 Å². The van der Waals surface area contributed by atoms with E-state index in [1.54, 1.807) is 7.11 Å². The lowest BCUT2D eigenvalue weighted by Crippen LogP contribution is -2.39. The maximum atomic E-state index is 12.4. The molecule has 0 spiro atoms. The van der Waals surface area contributed by atoms with Crippen molar-refractivity contribution in [3.8, 4) is 0 Å². The van der Waals surface area contributed by atoms with Crippen molar-refractivity contribution in [2.24, 2.45) is 5.73 Å². The zero-order valence-electron chi connectivity index (χ0n) is 13.2. The number of amides is 1. The van der Waals surface area contributed by atoms with Crippen LogP contribution in [0.4, 0.5) is 0 Å². The molecule has 2 atom stereocenters. The number of hydrogen-bond acceptors (Lipinski definition) is 3. The number of ether oxygens (including phenoxy) is 1. The van der Waals surface area contributed by atoms with Crippen molar-refractivity contribution in [1.82, 2.24) is 4.90 Å². The number of benzene rings is 1. The maximum absolute atomic E-state index is 12.4. The van der Waals surface area contributed by atoms with E-state index >= 15 is 0 Å². The van der Waals surface area contributed by atoms with Gasteiger partial charge in [-0.25, -0.2) is 0 Å². The fourth-order valence-electron chi connectivity index (χ4n) is 3.02. The van der Waals surface area contributed by atoms with Crippen molar-refractivity contribution in [3.05, 3.63) is 35.9 Å². The molecule has 22 heavy (non-hydrogen) atoms. The fourth-order valence-corrected chi connectivity index (χ4v) is 3.02. The Morgan fingerprint density at radius 1 is 1.41 bits per heavy atom. The summed E-state index contributed by atoms with van der Waals surface area (Å²) in [6.45, 7) is 1.27. The quantitative estimate of drug-likeness (QED) is 0.837. The largest absolute Gasteiger partial charge is 0.380 e. The SMILES string of the molecule is COC(CN)CC(=O)N1CCCC1CCc1ccccc1.Cl. The summed E-state index contributed by atoms with van der Waals surface area (Å²) in [5.41, 5.74) is 6.95. The van der Waals surface area contributed by atoms with Crippen LogP contribution in [-0.4, -0.2) is 43.2 Å². The van der Waals surface area contributed by atoms with Gasteiger partial charge in [-0.2, -0.15) is 0 Å². The van der Waals surface area contributed by atoms with Gasteiger partial charge in [-0.1, -0.05) is 30.3 Å². The lowest BCUT2D eigenvalue weighted by atomic mass is 10.0. The van der Waals surface area contributed by atoms with Gasteiger partial charge < -0.3 is 15.4 Å². The Hall–Kier alpha value is -1.10. The van der Waals surface area contributed by atoms with E-state index in [2.05, 4.69) is 24.3 Å². The summed E-state index contributed by atoms with van der Waals surface area (Å²) in [6.07, 6.45) is 4.52. The van der Waals surface area contributed by atoms with Gasteiger partial charge in [0.05, 0.1) is 12.5 Å². The highest BCUT2D eigenvalue weighted by molar-refractivity contribution is 5.85. The van der Waals surface area contributed by atoms with Crippen molar-refractivity contribution in [2.75, 3.05) is 20.2 Å². The van der Waals surface area contributed by atoms with Gasteiger partial charge in [0.1, 0.15) is 0 Å². The number of hydrogen-bond donors (Lipinski definition) is 1. The van der Waals surface area contributed by atoms with Crippen LogP contribution in [0.25, 0.3) is 0 Å². The Bertz CT molecular complexity index is 438. The third-order valence-corrected chi connectivity index (χ3v) is 4.31. The van der Waals surface area contributed by atoms with E-state index in [0.29, 0.717) is 19.0 Å². The molecule has 1 amide bonds. The molecule has 1 aliphatic heterocycles. The minimum atomic E-state index is -0.159. The molecular formula is C17H27ClN2O2. The molecule has 0 radical (unpaired) electrons. The Morgan fingerprint density at radius 2 is 2.14 bits per heavy atom. The first-order valence-electron chi connectivity index (χ1n) is 7.81. The summed E-state index contributed by atoms with van der Waals surface area (Å²) in [7, 11) is 1.61. The van der Waals surface area contributed by atoms with Gasteiger partial charge in [0.2, 0.25) is 5.91 Å². The normalized spacial score (nSPS) is 18.8. The highest BCUT2D eigenvalue weighted by Gasteiger charge is 2.29. The van der Waals surface area contributed by atoms with Crippen LogP contribution in [-0.2, 0) is 16.0 Å². The summed E-state index contributed by atoms with van der Waals surface area (Å²) in [6, 6.07) is 10.8. The van der Waals surface area contributed by atoms with Crippen LogP contribution in [0.2, 0.25) is 0 Å². The number of carbonyl (C=O) groups excluding carboxylic acids is 1. The van der Waals surface area contributed by atoms with Crippen LogP contribution in [0.5, 0.6) is 0 Å². The van der Waals surface area contributed by atoms with Crippen LogP contribution in [0.1, 0.15) is 31.2 Å². The summed E-state index contributed by atoms with van der Waals surface area (Å²) < 4.78 is 5.22. The van der Waals surface area contributed by atoms with Crippen LogP contribution in [0.15, 0.2) is 30.3 Å². The van der Waals surface area contributed by atoms with Crippen LogP contribution in [0.3, 0.4) is 0 Å². The lowest BCUT2D eigenvalue weighted by molar-refractivity contribution is -0.134. The molecule has 124 valence electrons. The van der Waals surface area contributed by atoms with Crippen LogP contribution >= 0.6 is 12.4 Å². The third kappa shape index (κ3) is 5.27. The smallest absolute Gasteiger partial charge is 0.225 e. The predicted molar refractivity (Wildman–Crippen MR) is 91.2 cm³/mol. The number of carbonyl (C=O) groups is 1. The number of likely N-dealkylation sites (tertiary alicyclic amines) is 1. The van der Waals surface area contributed by atoms with Gasteiger partial charge in [-0.3, -0.25) is 4.79 Å². The molecule has 0 bridgehead atoms. The lowest BCUT2D eigenvalue weighted by Gasteiger charge is -2.26. The van der Waals surface area contributed by atoms with Gasteiger partial charge in [-0.05, 0) is 31.2 Å². The molecule has 2 unspecified atom stereocenters. The molecular weight excluding hydrogens is 300 g/mol. The number of rotatable bonds is 7. The first kappa shape index (κ1) is 18.9. The van der Waals surface area contributed by atoms with Crippen molar-refractivity contribution in [3.63, 3.8) is 0 Å². The van der Waals surface area contributed by atoms with Gasteiger partial charge in [-0.15, -0.1) is 12.4 Å². The van der Waals surface area contributed by atoms with Crippen molar-refractivity contribution >= 4 is 18.3 Å². The molecule has 1 saturated heterocycles. The molecule has 0 saturated carbocycles. The number of nitrogens with two attached hydrogens (primary N) is 1. The Morgan fingerprint density at radius 3 is 2.77 bits per heavy atom. The van der Waals surface area contributed by atoms with Crippen molar-refractivity contribution < 1.29 is 9.53 Å². The van der Waals surface area contributed by atoms with Crippen molar-refractivity contribution in [1.29, 1.82) is 0 Å². The van der Waals surface area contributed by atoms with Gasteiger partial charge in [0.25, 0.3) is 0 Å². The highest BCUT2D eigenvalue weighted by atomic mass is 35.5. The average molecular weight is 327 g/mol.